The van der Waals surface area contributed by atoms with E-state index in [2.05, 4.69) is 20.1 Å². The van der Waals surface area contributed by atoms with Gasteiger partial charge in [-0.1, -0.05) is 0 Å². The zero-order chi connectivity index (χ0) is 15.5. The summed E-state index contributed by atoms with van der Waals surface area (Å²) in [7, 11) is 0. The van der Waals surface area contributed by atoms with Crippen LogP contribution in [-0.2, 0) is 17.8 Å². The fourth-order valence-corrected chi connectivity index (χ4v) is 2.73. The largest absolute Gasteiger partial charge is 0.327 e. The first kappa shape index (κ1) is 20.4. The minimum atomic E-state index is -0.137. The summed E-state index contributed by atoms with van der Waals surface area (Å²) in [4.78, 5) is 11.7. The van der Waals surface area contributed by atoms with E-state index in [4.69, 9.17) is 5.73 Å². The van der Waals surface area contributed by atoms with Crippen molar-refractivity contribution in [3.8, 4) is 11.4 Å². The molecule has 1 aromatic heterocycles. The smallest absolute Gasteiger partial charge is 0.225 e. The summed E-state index contributed by atoms with van der Waals surface area (Å²) in [5.41, 5.74) is 7.41. The molecule has 24 heavy (non-hydrogen) atoms. The molecule has 0 fully saturated rings. The number of nitrogens with zero attached hydrogens (tertiary/aromatic N) is 3. The first-order valence-corrected chi connectivity index (χ1v) is 7.71. The third-order valence-electron chi connectivity index (χ3n) is 3.79. The molecule has 1 unspecified atom stereocenters. The quantitative estimate of drug-likeness (QED) is 0.864. The number of nitrogens with one attached hydrogen (secondary N) is 1. The molecule has 2 heterocycles. The highest BCUT2D eigenvalue weighted by atomic mass is 35.5. The van der Waals surface area contributed by atoms with Gasteiger partial charge in [0.15, 0.2) is 5.82 Å². The van der Waals surface area contributed by atoms with Crippen molar-refractivity contribution in [2.75, 3.05) is 5.32 Å². The van der Waals surface area contributed by atoms with Crippen LogP contribution in [0.25, 0.3) is 11.4 Å². The molecule has 0 saturated carbocycles. The van der Waals surface area contributed by atoms with Gasteiger partial charge in [0, 0.05) is 36.7 Å². The number of amides is 1. The van der Waals surface area contributed by atoms with Gasteiger partial charge in [0.25, 0.3) is 0 Å². The zero-order valence-electron chi connectivity index (χ0n) is 13.6. The molecule has 2 aromatic rings. The highest BCUT2D eigenvalue weighted by Crippen LogP contribution is 2.24. The standard InChI is InChI=1S/C16H21N5O.2ClH/c1-11(17)10-15(22)18-13-7-5-12(6-8-13)16-20-19-14-4-2-3-9-21(14)16;;/h5-8,11H,2-4,9-10,17H2,1H3,(H,18,22);2*1H. The lowest BCUT2D eigenvalue weighted by molar-refractivity contribution is -0.116. The van der Waals surface area contributed by atoms with E-state index in [9.17, 15) is 4.79 Å². The average Bonchev–Trinajstić information content (AvgIpc) is 2.91. The van der Waals surface area contributed by atoms with E-state index in [1.54, 1.807) is 0 Å². The molecule has 0 bridgehead atoms. The number of aromatic nitrogens is 3. The van der Waals surface area contributed by atoms with Crippen molar-refractivity contribution < 1.29 is 4.79 Å². The zero-order valence-corrected chi connectivity index (χ0v) is 15.2. The van der Waals surface area contributed by atoms with Crippen LogP contribution >= 0.6 is 24.8 Å². The maximum atomic E-state index is 11.7. The van der Waals surface area contributed by atoms with E-state index in [0.29, 0.717) is 6.42 Å². The predicted octanol–water partition coefficient (Wildman–Crippen LogP) is 2.80. The fraction of sp³-hybridized carbons (Fsp3) is 0.438. The molecule has 8 heteroatoms. The maximum Gasteiger partial charge on any atom is 0.225 e. The Bertz CT molecular complexity index is 670. The Morgan fingerprint density at radius 1 is 1.25 bits per heavy atom. The Hall–Kier alpha value is -1.63. The number of hydrogen-bond acceptors (Lipinski definition) is 4. The van der Waals surface area contributed by atoms with Crippen molar-refractivity contribution in [1.29, 1.82) is 0 Å². The fourth-order valence-electron chi connectivity index (χ4n) is 2.73. The summed E-state index contributed by atoms with van der Waals surface area (Å²) in [6.45, 7) is 2.79. The van der Waals surface area contributed by atoms with Gasteiger partial charge in [0.1, 0.15) is 5.82 Å². The molecule has 6 nitrogen and oxygen atoms in total. The highest BCUT2D eigenvalue weighted by Gasteiger charge is 2.16. The average molecular weight is 372 g/mol. The van der Waals surface area contributed by atoms with Crippen LogP contribution in [0.5, 0.6) is 0 Å². The number of nitrogens with two attached hydrogens (primary N) is 1. The second kappa shape index (κ2) is 9.01. The summed E-state index contributed by atoms with van der Waals surface area (Å²) in [5.74, 6) is 1.90. The summed E-state index contributed by atoms with van der Waals surface area (Å²) in [5, 5.41) is 11.4. The first-order valence-electron chi connectivity index (χ1n) is 7.71. The number of carbonyl (C=O) groups is 1. The van der Waals surface area contributed by atoms with Crippen LogP contribution in [0.1, 0.15) is 32.0 Å². The molecular formula is C16H23Cl2N5O. The molecule has 1 atom stereocenters. The van der Waals surface area contributed by atoms with E-state index >= 15 is 0 Å². The summed E-state index contributed by atoms with van der Waals surface area (Å²) in [6.07, 6.45) is 3.67. The molecule has 1 aliphatic heterocycles. The molecule has 3 N–H and O–H groups in total. The monoisotopic (exact) mass is 371 g/mol. The van der Waals surface area contributed by atoms with Gasteiger partial charge in [-0.05, 0) is 44.0 Å². The van der Waals surface area contributed by atoms with Gasteiger partial charge in [-0.2, -0.15) is 0 Å². The lowest BCUT2D eigenvalue weighted by atomic mass is 10.1. The van der Waals surface area contributed by atoms with Crippen molar-refractivity contribution >= 4 is 36.4 Å². The van der Waals surface area contributed by atoms with Crippen molar-refractivity contribution in [3.63, 3.8) is 0 Å². The minimum Gasteiger partial charge on any atom is -0.327 e. The van der Waals surface area contributed by atoms with Crippen LogP contribution in [0.4, 0.5) is 5.69 Å². The van der Waals surface area contributed by atoms with Gasteiger partial charge < -0.3 is 15.6 Å². The second-order valence-corrected chi connectivity index (χ2v) is 5.86. The number of anilines is 1. The third-order valence-corrected chi connectivity index (χ3v) is 3.79. The Labute approximate surface area is 154 Å². The number of benzene rings is 1. The number of hydrogen-bond donors (Lipinski definition) is 2. The Morgan fingerprint density at radius 3 is 2.62 bits per heavy atom. The molecule has 0 aliphatic carbocycles. The SMILES string of the molecule is CC(N)CC(=O)Nc1ccc(-c2nnc3n2CCCC3)cc1.Cl.Cl. The first-order chi connectivity index (χ1) is 10.6. The molecule has 0 spiro atoms. The van der Waals surface area contributed by atoms with E-state index in [1.165, 1.54) is 12.8 Å². The molecule has 1 aromatic carbocycles. The van der Waals surface area contributed by atoms with Crippen molar-refractivity contribution in [2.24, 2.45) is 5.73 Å². The Kier molecular flexibility index (Phi) is 7.66. The Balaban J connectivity index is 0.00000144. The van der Waals surface area contributed by atoms with Crippen LogP contribution < -0.4 is 11.1 Å². The number of fused-ring (bicyclic) bond motifs is 1. The number of rotatable bonds is 4. The van der Waals surface area contributed by atoms with Crippen LogP contribution in [0.15, 0.2) is 24.3 Å². The molecule has 0 saturated heterocycles. The van der Waals surface area contributed by atoms with Gasteiger partial charge in [-0.3, -0.25) is 4.79 Å². The summed E-state index contributed by atoms with van der Waals surface area (Å²) >= 11 is 0. The van der Waals surface area contributed by atoms with E-state index in [-0.39, 0.29) is 36.8 Å². The minimum absolute atomic E-state index is 0. The third kappa shape index (κ3) is 4.69. The number of halogens is 2. The van der Waals surface area contributed by atoms with Gasteiger partial charge in [-0.25, -0.2) is 0 Å². The van der Waals surface area contributed by atoms with Crippen LogP contribution in [0.2, 0.25) is 0 Å². The van der Waals surface area contributed by atoms with Crippen LogP contribution in [-0.4, -0.2) is 26.7 Å². The van der Waals surface area contributed by atoms with E-state index < -0.39 is 0 Å². The van der Waals surface area contributed by atoms with Crippen LogP contribution in [0, 0.1) is 0 Å². The summed E-state index contributed by atoms with van der Waals surface area (Å²) < 4.78 is 2.19. The van der Waals surface area contributed by atoms with Crippen LogP contribution in [0.3, 0.4) is 0 Å². The highest BCUT2D eigenvalue weighted by molar-refractivity contribution is 5.91. The number of aryl methyl sites for hydroxylation is 1. The van der Waals surface area contributed by atoms with Gasteiger partial charge >= 0.3 is 0 Å². The molecule has 1 amide bonds. The number of carbonyl (C=O) groups excluding carboxylic acids is 1. The topological polar surface area (TPSA) is 85.8 Å². The van der Waals surface area contributed by atoms with Crippen molar-refractivity contribution in [1.82, 2.24) is 14.8 Å². The van der Waals surface area contributed by atoms with Gasteiger partial charge in [-0.15, -0.1) is 35.0 Å². The lowest BCUT2D eigenvalue weighted by Gasteiger charge is -2.14. The molecule has 0 radical (unpaired) electrons. The normalized spacial score (nSPS) is 13.9. The van der Waals surface area contributed by atoms with Gasteiger partial charge in [0.2, 0.25) is 5.91 Å². The van der Waals surface area contributed by atoms with Crippen molar-refractivity contribution in [2.45, 2.75) is 45.2 Å². The second-order valence-electron chi connectivity index (χ2n) is 5.86. The maximum absolute atomic E-state index is 11.7. The van der Waals surface area contributed by atoms with Gasteiger partial charge in [0.05, 0.1) is 0 Å². The Morgan fingerprint density at radius 2 is 1.96 bits per heavy atom. The predicted molar refractivity (Wildman–Crippen MR) is 99.8 cm³/mol. The van der Waals surface area contributed by atoms with Crippen molar-refractivity contribution in [3.05, 3.63) is 30.1 Å². The molecular weight excluding hydrogens is 349 g/mol. The summed E-state index contributed by atoms with van der Waals surface area (Å²) in [6, 6.07) is 7.57. The molecule has 132 valence electrons. The lowest BCUT2D eigenvalue weighted by Crippen LogP contribution is -2.23. The molecule has 1 aliphatic rings. The van der Waals surface area contributed by atoms with E-state index in [1.807, 2.05) is 31.2 Å². The van der Waals surface area contributed by atoms with E-state index in [0.717, 1.165) is 35.9 Å². The molecule has 3 rings (SSSR count).